The molecule has 5 aromatic rings. The standard InChI is InChI=1S/C38H36N4O5S/c1-23(37(46)47)41-35(44)30(42-36(45)31-18-19-32(48-31)38(2,3)4)20-24-10-12-28(13-11-24)34-39-21-29(22-40-34)25-14-16-27(17-15-25)33(43)26-8-6-5-7-9-26/h5-19,21-23,30H,20H2,1-4H3,(H,41,44)(H,42,45)(H,46,47)/t23-,30+/m1/s1. The Kier molecular flexibility index (Phi) is 10.2. The fourth-order valence-electron chi connectivity index (χ4n) is 4.90. The first-order valence-corrected chi connectivity index (χ1v) is 16.3. The Bertz CT molecular complexity index is 1910. The van der Waals surface area contributed by atoms with Gasteiger partial charge in [-0.2, -0.15) is 0 Å². The fourth-order valence-corrected chi connectivity index (χ4v) is 5.87. The topological polar surface area (TPSA) is 138 Å². The summed E-state index contributed by atoms with van der Waals surface area (Å²) in [6.07, 6.45) is 3.59. The van der Waals surface area contributed by atoms with Crippen LogP contribution in [0.5, 0.6) is 0 Å². The molecule has 0 spiro atoms. The van der Waals surface area contributed by atoms with Gasteiger partial charge in [-0.1, -0.05) is 99.6 Å². The highest BCUT2D eigenvalue weighted by atomic mass is 32.1. The largest absolute Gasteiger partial charge is 0.480 e. The molecule has 2 aromatic heterocycles. The van der Waals surface area contributed by atoms with Crippen LogP contribution in [-0.4, -0.2) is 50.7 Å². The molecule has 0 radical (unpaired) electrons. The average Bonchev–Trinajstić information content (AvgIpc) is 3.60. The number of hydrogen-bond donors (Lipinski definition) is 3. The van der Waals surface area contributed by atoms with E-state index in [2.05, 4.69) is 41.4 Å². The lowest BCUT2D eigenvalue weighted by atomic mass is 9.95. The number of hydrogen-bond acceptors (Lipinski definition) is 7. The minimum Gasteiger partial charge on any atom is -0.480 e. The molecule has 3 aromatic carbocycles. The molecular weight excluding hydrogens is 625 g/mol. The zero-order valence-electron chi connectivity index (χ0n) is 27.1. The van der Waals surface area contributed by atoms with E-state index in [0.717, 1.165) is 27.1 Å². The van der Waals surface area contributed by atoms with Gasteiger partial charge < -0.3 is 15.7 Å². The zero-order valence-corrected chi connectivity index (χ0v) is 27.9. The second-order valence-corrected chi connectivity index (χ2v) is 13.6. The Morgan fingerprint density at radius 3 is 1.94 bits per heavy atom. The number of carbonyl (C=O) groups is 4. The number of carboxylic acid groups (broad SMARTS) is 1. The third kappa shape index (κ3) is 8.26. The van der Waals surface area contributed by atoms with Gasteiger partial charge in [0.05, 0.1) is 4.88 Å². The van der Waals surface area contributed by atoms with Gasteiger partial charge in [0, 0.05) is 45.9 Å². The first kappa shape index (κ1) is 33.9. The molecule has 0 aliphatic heterocycles. The van der Waals surface area contributed by atoms with Gasteiger partial charge in [-0.15, -0.1) is 11.3 Å². The van der Waals surface area contributed by atoms with Gasteiger partial charge in [-0.25, -0.2) is 9.97 Å². The number of nitrogens with zero attached hydrogens (tertiary/aromatic N) is 2. The summed E-state index contributed by atoms with van der Waals surface area (Å²) in [6.45, 7) is 7.55. The lowest BCUT2D eigenvalue weighted by Gasteiger charge is -2.20. The average molecular weight is 661 g/mol. The maximum Gasteiger partial charge on any atom is 0.325 e. The fraction of sp³-hybridized carbons (Fsp3) is 0.211. The van der Waals surface area contributed by atoms with Crippen molar-refractivity contribution in [2.75, 3.05) is 0 Å². The van der Waals surface area contributed by atoms with Crippen molar-refractivity contribution in [2.24, 2.45) is 0 Å². The first-order valence-electron chi connectivity index (χ1n) is 15.4. The van der Waals surface area contributed by atoms with Gasteiger partial charge in [0.25, 0.3) is 5.91 Å². The van der Waals surface area contributed by atoms with Crippen molar-refractivity contribution >= 4 is 34.9 Å². The summed E-state index contributed by atoms with van der Waals surface area (Å²) in [5.74, 6) is -1.70. The highest BCUT2D eigenvalue weighted by Gasteiger charge is 2.26. The number of aliphatic carboxylic acids is 1. The van der Waals surface area contributed by atoms with Crippen molar-refractivity contribution in [3.05, 3.63) is 130 Å². The predicted octanol–water partition coefficient (Wildman–Crippen LogP) is 6.33. The second kappa shape index (κ2) is 14.5. The Balaban J connectivity index is 1.27. The molecule has 0 saturated heterocycles. The number of carbonyl (C=O) groups excluding carboxylic acids is 3. The summed E-state index contributed by atoms with van der Waals surface area (Å²) >= 11 is 1.36. The summed E-state index contributed by atoms with van der Waals surface area (Å²) in [5.41, 5.74) is 4.29. The highest BCUT2D eigenvalue weighted by Crippen LogP contribution is 2.29. The molecule has 5 rings (SSSR count). The van der Waals surface area contributed by atoms with Crippen LogP contribution >= 0.6 is 11.3 Å². The van der Waals surface area contributed by atoms with Gasteiger partial charge in [-0.05, 0) is 35.6 Å². The lowest BCUT2D eigenvalue weighted by molar-refractivity contribution is -0.141. The molecule has 0 saturated carbocycles. The number of rotatable bonds is 11. The van der Waals surface area contributed by atoms with E-state index >= 15 is 0 Å². The highest BCUT2D eigenvalue weighted by molar-refractivity contribution is 7.14. The maximum atomic E-state index is 13.2. The molecule has 10 heteroatoms. The van der Waals surface area contributed by atoms with E-state index < -0.39 is 29.9 Å². The molecule has 244 valence electrons. The number of nitrogens with one attached hydrogen (secondary N) is 2. The molecule has 0 unspecified atom stereocenters. The molecule has 0 aliphatic rings. The molecule has 9 nitrogen and oxygen atoms in total. The van der Waals surface area contributed by atoms with Crippen LogP contribution in [0.4, 0.5) is 0 Å². The van der Waals surface area contributed by atoms with Crippen LogP contribution in [0.2, 0.25) is 0 Å². The third-order valence-electron chi connectivity index (χ3n) is 7.74. The molecule has 48 heavy (non-hydrogen) atoms. The Hall–Kier alpha value is -5.48. The number of benzene rings is 3. The van der Waals surface area contributed by atoms with Crippen LogP contribution < -0.4 is 10.6 Å². The molecule has 2 heterocycles. The molecule has 0 fully saturated rings. The molecule has 3 N–H and O–H groups in total. The van der Waals surface area contributed by atoms with Crippen LogP contribution in [-0.2, 0) is 21.4 Å². The molecule has 0 aliphatic carbocycles. The van der Waals surface area contributed by atoms with Crippen molar-refractivity contribution < 1.29 is 24.3 Å². The predicted molar refractivity (Wildman–Crippen MR) is 186 cm³/mol. The molecule has 2 atom stereocenters. The van der Waals surface area contributed by atoms with Crippen LogP contribution in [0.25, 0.3) is 22.5 Å². The van der Waals surface area contributed by atoms with E-state index in [1.165, 1.54) is 18.3 Å². The SMILES string of the molecule is C[C@@H](NC(=O)[C@H](Cc1ccc(-c2ncc(-c3ccc(C(=O)c4ccccc4)cc3)cn2)cc1)NC(=O)c1ccc(C(C)(C)C)s1)C(=O)O. The van der Waals surface area contributed by atoms with Crippen molar-refractivity contribution in [3.63, 3.8) is 0 Å². The van der Waals surface area contributed by atoms with Crippen LogP contribution in [0, 0.1) is 0 Å². The van der Waals surface area contributed by atoms with Crippen molar-refractivity contribution in [3.8, 4) is 22.5 Å². The second-order valence-electron chi connectivity index (χ2n) is 12.5. The number of thiophene rings is 1. The number of amides is 2. The summed E-state index contributed by atoms with van der Waals surface area (Å²) in [7, 11) is 0. The lowest BCUT2D eigenvalue weighted by Crippen LogP contribution is -2.51. The quantitative estimate of drug-likeness (QED) is 0.141. The molecule has 0 bridgehead atoms. The zero-order chi connectivity index (χ0) is 34.4. The van der Waals surface area contributed by atoms with Gasteiger partial charge in [0.15, 0.2) is 11.6 Å². The Morgan fingerprint density at radius 1 is 0.750 bits per heavy atom. The van der Waals surface area contributed by atoms with Crippen LogP contribution in [0.3, 0.4) is 0 Å². The summed E-state index contributed by atoms with van der Waals surface area (Å²) in [4.78, 5) is 61.0. The van der Waals surface area contributed by atoms with Gasteiger partial charge in [0.2, 0.25) is 5.91 Å². The minimum atomic E-state index is -1.17. The molecular formula is C38H36N4O5S. The minimum absolute atomic E-state index is 0.0430. The van der Waals surface area contributed by atoms with Gasteiger partial charge in [-0.3, -0.25) is 19.2 Å². The van der Waals surface area contributed by atoms with Crippen molar-refractivity contribution in [1.82, 2.24) is 20.6 Å². The van der Waals surface area contributed by atoms with E-state index in [1.807, 2.05) is 60.7 Å². The maximum absolute atomic E-state index is 13.2. The van der Waals surface area contributed by atoms with Crippen molar-refractivity contribution in [1.29, 1.82) is 0 Å². The third-order valence-corrected chi connectivity index (χ3v) is 9.25. The van der Waals surface area contributed by atoms with Crippen LogP contribution in [0.15, 0.2) is 103 Å². The van der Waals surface area contributed by atoms with E-state index in [1.54, 1.807) is 42.7 Å². The van der Waals surface area contributed by atoms with E-state index in [0.29, 0.717) is 21.8 Å². The molecule has 2 amide bonds. The van der Waals surface area contributed by atoms with Gasteiger partial charge in [0.1, 0.15) is 12.1 Å². The van der Waals surface area contributed by atoms with E-state index in [9.17, 15) is 24.3 Å². The van der Waals surface area contributed by atoms with Gasteiger partial charge >= 0.3 is 5.97 Å². The summed E-state index contributed by atoms with van der Waals surface area (Å²) < 4.78 is 0. The smallest absolute Gasteiger partial charge is 0.325 e. The van der Waals surface area contributed by atoms with Crippen molar-refractivity contribution in [2.45, 2.75) is 51.6 Å². The Morgan fingerprint density at radius 2 is 1.35 bits per heavy atom. The monoisotopic (exact) mass is 660 g/mol. The normalized spacial score (nSPS) is 12.5. The summed E-state index contributed by atoms with van der Waals surface area (Å²) in [5, 5.41) is 14.6. The first-order chi connectivity index (χ1) is 22.9. The summed E-state index contributed by atoms with van der Waals surface area (Å²) in [6, 6.07) is 25.3. The van der Waals surface area contributed by atoms with E-state index in [-0.39, 0.29) is 17.6 Å². The Labute approximate surface area is 283 Å². The van der Waals surface area contributed by atoms with Crippen LogP contribution in [0.1, 0.15) is 63.7 Å². The number of aromatic nitrogens is 2. The number of ketones is 1. The van der Waals surface area contributed by atoms with E-state index in [4.69, 9.17) is 0 Å². The number of carboxylic acids is 1.